The van der Waals surface area contributed by atoms with Crippen LogP contribution in [0.1, 0.15) is 53.9 Å². The molecule has 0 radical (unpaired) electrons. The average molecular weight is 225 g/mol. The van der Waals surface area contributed by atoms with Gasteiger partial charge in [-0.2, -0.15) is 5.10 Å². The van der Waals surface area contributed by atoms with Gasteiger partial charge in [0.25, 0.3) is 0 Å². The molecule has 0 amide bonds. The largest absolute Gasteiger partial charge is 0.339 e. The fourth-order valence-corrected chi connectivity index (χ4v) is 2.18. The van der Waals surface area contributed by atoms with Gasteiger partial charge in [-0.25, -0.2) is 0 Å². The molecule has 0 aromatic heterocycles. The Balaban J connectivity index is 2.59. The SMILES string of the molecule is CCCCC1N(CC(C)C)C=NN1C(C)C. The molecule has 1 aliphatic rings. The van der Waals surface area contributed by atoms with Crippen LogP contribution in [0.25, 0.3) is 0 Å². The molecule has 0 bridgehead atoms. The summed E-state index contributed by atoms with van der Waals surface area (Å²) in [5, 5.41) is 6.79. The van der Waals surface area contributed by atoms with Gasteiger partial charge in [-0.15, -0.1) is 0 Å². The lowest BCUT2D eigenvalue weighted by atomic mass is 10.1. The molecule has 0 spiro atoms. The van der Waals surface area contributed by atoms with Crippen molar-refractivity contribution in [3.05, 3.63) is 0 Å². The van der Waals surface area contributed by atoms with Crippen molar-refractivity contribution in [3.63, 3.8) is 0 Å². The van der Waals surface area contributed by atoms with Crippen molar-refractivity contribution in [2.45, 2.75) is 66.1 Å². The topological polar surface area (TPSA) is 18.8 Å². The molecule has 0 saturated heterocycles. The second-order valence-corrected chi connectivity index (χ2v) is 5.42. The van der Waals surface area contributed by atoms with Crippen molar-refractivity contribution in [3.8, 4) is 0 Å². The molecular formula is C13H27N3. The normalized spacial score (nSPS) is 20.6. The Morgan fingerprint density at radius 1 is 1.25 bits per heavy atom. The van der Waals surface area contributed by atoms with Crippen molar-refractivity contribution in [2.75, 3.05) is 6.54 Å². The Morgan fingerprint density at radius 2 is 1.94 bits per heavy atom. The Morgan fingerprint density at radius 3 is 2.44 bits per heavy atom. The molecular weight excluding hydrogens is 198 g/mol. The van der Waals surface area contributed by atoms with Crippen LogP contribution in [0.5, 0.6) is 0 Å². The van der Waals surface area contributed by atoms with Crippen molar-refractivity contribution >= 4 is 6.34 Å². The highest BCUT2D eigenvalue weighted by molar-refractivity contribution is 5.57. The Labute approximate surface area is 100 Å². The first-order valence-electron chi connectivity index (χ1n) is 6.64. The summed E-state index contributed by atoms with van der Waals surface area (Å²) in [6, 6.07) is 0.496. The van der Waals surface area contributed by atoms with Gasteiger partial charge in [-0.3, -0.25) is 5.01 Å². The number of hydrogen-bond donors (Lipinski definition) is 0. The summed E-state index contributed by atoms with van der Waals surface area (Å²) < 4.78 is 0. The molecule has 0 aromatic carbocycles. The maximum absolute atomic E-state index is 4.54. The van der Waals surface area contributed by atoms with Gasteiger partial charge in [0.15, 0.2) is 0 Å². The number of hydrazone groups is 1. The molecule has 1 aliphatic heterocycles. The Kier molecular flexibility index (Phi) is 5.10. The minimum Gasteiger partial charge on any atom is -0.339 e. The predicted octanol–water partition coefficient (Wildman–Crippen LogP) is 3.13. The second kappa shape index (κ2) is 6.12. The average Bonchev–Trinajstić information content (AvgIpc) is 2.57. The molecule has 94 valence electrons. The van der Waals surface area contributed by atoms with Crippen molar-refractivity contribution < 1.29 is 0 Å². The first-order chi connectivity index (χ1) is 7.56. The standard InChI is InChI=1S/C13H27N3/c1-6-7-8-13-15(9-11(2)3)10-14-16(13)12(4)5/h10-13H,6-9H2,1-5H3. The first kappa shape index (κ1) is 13.3. The van der Waals surface area contributed by atoms with E-state index < -0.39 is 0 Å². The summed E-state index contributed by atoms with van der Waals surface area (Å²) in [5.41, 5.74) is 0. The fourth-order valence-electron chi connectivity index (χ4n) is 2.18. The molecule has 0 fully saturated rings. The number of hydrogen-bond acceptors (Lipinski definition) is 3. The molecule has 16 heavy (non-hydrogen) atoms. The van der Waals surface area contributed by atoms with E-state index in [0.717, 1.165) is 6.54 Å². The quantitative estimate of drug-likeness (QED) is 0.691. The van der Waals surface area contributed by atoms with Crippen molar-refractivity contribution in [1.82, 2.24) is 9.91 Å². The van der Waals surface area contributed by atoms with Gasteiger partial charge < -0.3 is 4.90 Å². The minimum atomic E-state index is 0.488. The highest BCUT2D eigenvalue weighted by Gasteiger charge is 2.28. The van der Waals surface area contributed by atoms with Gasteiger partial charge in [0.2, 0.25) is 0 Å². The zero-order valence-electron chi connectivity index (χ0n) is 11.5. The highest BCUT2D eigenvalue weighted by Crippen LogP contribution is 2.21. The monoisotopic (exact) mass is 225 g/mol. The lowest BCUT2D eigenvalue weighted by Crippen LogP contribution is -2.43. The fraction of sp³-hybridized carbons (Fsp3) is 0.923. The van der Waals surface area contributed by atoms with Gasteiger partial charge >= 0.3 is 0 Å². The maximum atomic E-state index is 4.54. The third-order valence-electron chi connectivity index (χ3n) is 2.94. The lowest BCUT2D eigenvalue weighted by Gasteiger charge is -2.33. The summed E-state index contributed by atoms with van der Waals surface area (Å²) in [7, 11) is 0. The lowest BCUT2D eigenvalue weighted by molar-refractivity contribution is 0.0848. The van der Waals surface area contributed by atoms with Crippen LogP contribution in [-0.2, 0) is 0 Å². The van der Waals surface area contributed by atoms with Gasteiger partial charge in [-0.1, -0.05) is 27.2 Å². The molecule has 1 heterocycles. The van der Waals surface area contributed by atoms with Gasteiger partial charge in [0.05, 0.1) is 0 Å². The van der Waals surface area contributed by atoms with Crippen LogP contribution in [0.4, 0.5) is 0 Å². The molecule has 0 N–H and O–H groups in total. The molecule has 1 atom stereocenters. The zero-order valence-corrected chi connectivity index (χ0v) is 11.5. The molecule has 3 heteroatoms. The van der Waals surface area contributed by atoms with E-state index in [-0.39, 0.29) is 0 Å². The molecule has 0 saturated carbocycles. The van der Waals surface area contributed by atoms with Crippen LogP contribution in [0.15, 0.2) is 5.10 Å². The molecule has 0 aromatic rings. The van der Waals surface area contributed by atoms with E-state index in [1.54, 1.807) is 0 Å². The maximum Gasteiger partial charge on any atom is 0.119 e. The summed E-state index contributed by atoms with van der Waals surface area (Å²) >= 11 is 0. The van der Waals surface area contributed by atoms with Crippen LogP contribution in [0, 0.1) is 5.92 Å². The van der Waals surface area contributed by atoms with Crippen LogP contribution in [0.2, 0.25) is 0 Å². The zero-order chi connectivity index (χ0) is 12.1. The highest BCUT2D eigenvalue weighted by atomic mass is 15.6. The van der Waals surface area contributed by atoms with Crippen molar-refractivity contribution in [2.24, 2.45) is 11.0 Å². The number of nitrogens with zero attached hydrogens (tertiary/aromatic N) is 3. The predicted molar refractivity (Wildman–Crippen MR) is 70.3 cm³/mol. The van der Waals surface area contributed by atoms with E-state index in [9.17, 15) is 0 Å². The van der Waals surface area contributed by atoms with Gasteiger partial charge in [-0.05, 0) is 32.6 Å². The van der Waals surface area contributed by atoms with Crippen LogP contribution in [-0.4, -0.2) is 35.0 Å². The molecule has 0 aliphatic carbocycles. The third kappa shape index (κ3) is 3.39. The van der Waals surface area contributed by atoms with Crippen molar-refractivity contribution in [1.29, 1.82) is 0 Å². The Bertz CT molecular complexity index is 223. The minimum absolute atomic E-state index is 0.488. The summed E-state index contributed by atoms with van der Waals surface area (Å²) in [6.45, 7) is 12.3. The second-order valence-electron chi connectivity index (χ2n) is 5.42. The van der Waals surface area contributed by atoms with Gasteiger partial charge in [0.1, 0.15) is 12.5 Å². The summed E-state index contributed by atoms with van der Waals surface area (Å²) in [4.78, 5) is 2.40. The molecule has 3 nitrogen and oxygen atoms in total. The molecule has 1 rings (SSSR count). The number of unbranched alkanes of at least 4 members (excludes halogenated alkanes) is 1. The Hall–Kier alpha value is -0.730. The van der Waals surface area contributed by atoms with E-state index in [1.165, 1.54) is 19.3 Å². The van der Waals surface area contributed by atoms with E-state index >= 15 is 0 Å². The van der Waals surface area contributed by atoms with Crippen LogP contribution in [0.3, 0.4) is 0 Å². The molecule has 1 unspecified atom stereocenters. The van der Waals surface area contributed by atoms with Gasteiger partial charge in [0, 0.05) is 12.6 Å². The van der Waals surface area contributed by atoms with Crippen LogP contribution < -0.4 is 0 Å². The van der Waals surface area contributed by atoms with E-state index in [0.29, 0.717) is 18.1 Å². The van der Waals surface area contributed by atoms with E-state index in [2.05, 4.69) is 49.6 Å². The number of rotatable bonds is 6. The summed E-state index contributed by atoms with van der Waals surface area (Å²) in [5.74, 6) is 0.697. The van der Waals surface area contributed by atoms with Crippen LogP contribution >= 0.6 is 0 Å². The smallest absolute Gasteiger partial charge is 0.119 e. The third-order valence-corrected chi connectivity index (χ3v) is 2.94. The summed E-state index contributed by atoms with van der Waals surface area (Å²) in [6.07, 6.45) is 6.29. The first-order valence-corrected chi connectivity index (χ1v) is 6.64. The van der Waals surface area contributed by atoms with E-state index in [4.69, 9.17) is 0 Å². The van der Waals surface area contributed by atoms with E-state index in [1.807, 2.05) is 6.34 Å².